The molecule has 0 aromatic heterocycles. The third kappa shape index (κ3) is 2.95. The lowest BCUT2D eigenvalue weighted by Gasteiger charge is -2.30. The number of esters is 1. The molecule has 6 heteroatoms. The fourth-order valence-electron chi connectivity index (χ4n) is 2.22. The first-order valence-corrected chi connectivity index (χ1v) is 6.04. The molecule has 2 fully saturated rings. The molecule has 2 aliphatic heterocycles. The minimum atomic E-state index is -0.248. The maximum Gasteiger partial charge on any atom is 0.323 e. The highest BCUT2D eigenvalue weighted by atomic mass is 16.5. The Morgan fingerprint density at radius 2 is 2.24 bits per heavy atom. The first-order chi connectivity index (χ1) is 8.18. The fraction of sp³-hybridized carbons (Fsp3) is 0.818. The summed E-state index contributed by atoms with van der Waals surface area (Å²) in [4.78, 5) is 27.0. The van der Waals surface area contributed by atoms with E-state index in [0.717, 1.165) is 26.2 Å². The molecule has 0 saturated carbocycles. The van der Waals surface area contributed by atoms with Gasteiger partial charge in [0.05, 0.1) is 13.2 Å². The molecule has 96 valence electrons. The van der Waals surface area contributed by atoms with E-state index in [-0.39, 0.29) is 17.9 Å². The third-order valence-electron chi connectivity index (χ3n) is 3.29. The number of rotatable bonds is 3. The van der Waals surface area contributed by atoms with Gasteiger partial charge in [-0.25, -0.2) is 0 Å². The number of cyclic esters (lactones) is 1. The van der Waals surface area contributed by atoms with E-state index in [1.54, 1.807) is 11.9 Å². The highest BCUT2D eigenvalue weighted by Gasteiger charge is 2.31. The van der Waals surface area contributed by atoms with E-state index in [9.17, 15) is 9.59 Å². The molecule has 0 radical (unpaired) electrons. The molecular formula is C11H19N3O3. The Balaban J connectivity index is 1.82. The van der Waals surface area contributed by atoms with Gasteiger partial charge in [0, 0.05) is 32.6 Å². The lowest BCUT2D eigenvalue weighted by molar-refractivity contribution is -0.143. The van der Waals surface area contributed by atoms with Crippen molar-refractivity contribution >= 4 is 11.9 Å². The van der Waals surface area contributed by atoms with Crippen LogP contribution in [0.1, 0.15) is 6.42 Å². The van der Waals surface area contributed by atoms with E-state index in [1.165, 1.54) is 0 Å². The van der Waals surface area contributed by atoms with Crippen molar-refractivity contribution in [1.82, 2.24) is 15.1 Å². The van der Waals surface area contributed by atoms with Gasteiger partial charge in [0.1, 0.15) is 6.04 Å². The lowest BCUT2D eigenvalue weighted by Crippen LogP contribution is -2.50. The van der Waals surface area contributed by atoms with Gasteiger partial charge in [-0.3, -0.25) is 14.5 Å². The average Bonchev–Trinajstić information content (AvgIpc) is 2.76. The predicted molar refractivity (Wildman–Crippen MR) is 61.4 cm³/mol. The van der Waals surface area contributed by atoms with Gasteiger partial charge in [-0.2, -0.15) is 0 Å². The number of likely N-dealkylation sites (N-methyl/N-ethyl adjacent to an activating group) is 1. The number of hydrogen-bond acceptors (Lipinski definition) is 5. The molecule has 1 unspecified atom stereocenters. The smallest absolute Gasteiger partial charge is 0.323 e. The number of amides is 1. The van der Waals surface area contributed by atoms with Crippen LogP contribution in [-0.4, -0.2) is 74.1 Å². The Labute approximate surface area is 101 Å². The number of ether oxygens (including phenoxy) is 1. The van der Waals surface area contributed by atoms with E-state index >= 15 is 0 Å². The van der Waals surface area contributed by atoms with Gasteiger partial charge in [0.25, 0.3) is 0 Å². The Bertz CT molecular complexity index is 302. The second kappa shape index (κ2) is 5.46. The summed E-state index contributed by atoms with van der Waals surface area (Å²) >= 11 is 0. The molecule has 2 rings (SSSR count). The summed E-state index contributed by atoms with van der Waals surface area (Å²) in [6, 6.07) is -0.248. The minimum absolute atomic E-state index is 0.0914. The highest BCUT2D eigenvalue weighted by Crippen LogP contribution is 2.12. The zero-order valence-electron chi connectivity index (χ0n) is 10.1. The first kappa shape index (κ1) is 12.3. The Morgan fingerprint density at radius 3 is 2.82 bits per heavy atom. The van der Waals surface area contributed by atoms with Crippen molar-refractivity contribution in [3.8, 4) is 0 Å². The summed E-state index contributed by atoms with van der Waals surface area (Å²) in [6.45, 7) is 3.96. The molecule has 2 heterocycles. The number of nitrogens with zero attached hydrogens (tertiary/aromatic N) is 2. The molecule has 17 heavy (non-hydrogen) atoms. The van der Waals surface area contributed by atoms with E-state index in [4.69, 9.17) is 4.74 Å². The third-order valence-corrected chi connectivity index (χ3v) is 3.29. The van der Waals surface area contributed by atoms with Crippen LogP contribution >= 0.6 is 0 Å². The summed E-state index contributed by atoms with van der Waals surface area (Å²) in [5.74, 6) is -0.116. The van der Waals surface area contributed by atoms with Crippen molar-refractivity contribution < 1.29 is 14.3 Å². The van der Waals surface area contributed by atoms with Crippen LogP contribution in [0.4, 0.5) is 0 Å². The topological polar surface area (TPSA) is 61.9 Å². The van der Waals surface area contributed by atoms with Crippen LogP contribution in [0.3, 0.4) is 0 Å². The van der Waals surface area contributed by atoms with Gasteiger partial charge in [-0.05, 0) is 7.05 Å². The number of carbonyl (C=O) groups is 2. The molecule has 0 aromatic rings. The van der Waals surface area contributed by atoms with Crippen LogP contribution in [0, 0.1) is 0 Å². The second-order valence-electron chi connectivity index (χ2n) is 4.52. The molecule has 2 saturated heterocycles. The summed E-state index contributed by atoms with van der Waals surface area (Å²) in [6.07, 6.45) is 0.685. The molecule has 2 aliphatic rings. The summed E-state index contributed by atoms with van der Waals surface area (Å²) in [5, 5.41) is 3.20. The summed E-state index contributed by atoms with van der Waals surface area (Å²) < 4.78 is 4.90. The van der Waals surface area contributed by atoms with Crippen LogP contribution in [0.2, 0.25) is 0 Å². The van der Waals surface area contributed by atoms with Crippen molar-refractivity contribution in [3.63, 3.8) is 0 Å². The molecule has 0 aromatic carbocycles. The van der Waals surface area contributed by atoms with Gasteiger partial charge in [0.15, 0.2) is 0 Å². The summed E-state index contributed by atoms with van der Waals surface area (Å²) in [5.41, 5.74) is 0. The molecule has 0 spiro atoms. The molecule has 1 N–H and O–H groups in total. The van der Waals surface area contributed by atoms with Crippen LogP contribution in [0.25, 0.3) is 0 Å². The number of nitrogens with one attached hydrogen (secondary N) is 1. The molecule has 0 bridgehead atoms. The maximum absolute atomic E-state index is 12.0. The van der Waals surface area contributed by atoms with Gasteiger partial charge in [-0.15, -0.1) is 0 Å². The Morgan fingerprint density at radius 1 is 1.53 bits per heavy atom. The van der Waals surface area contributed by atoms with Gasteiger partial charge >= 0.3 is 5.97 Å². The van der Waals surface area contributed by atoms with Crippen LogP contribution in [-0.2, 0) is 14.3 Å². The van der Waals surface area contributed by atoms with Crippen molar-refractivity contribution in [2.45, 2.75) is 12.5 Å². The van der Waals surface area contributed by atoms with Gasteiger partial charge in [0.2, 0.25) is 5.91 Å². The van der Waals surface area contributed by atoms with E-state index in [0.29, 0.717) is 19.6 Å². The minimum Gasteiger partial charge on any atom is -0.464 e. The number of hydrogen-bond donors (Lipinski definition) is 1. The van der Waals surface area contributed by atoms with Crippen LogP contribution in [0.15, 0.2) is 0 Å². The van der Waals surface area contributed by atoms with Gasteiger partial charge in [-0.1, -0.05) is 0 Å². The normalized spacial score (nSPS) is 25.2. The molecule has 1 amide bonds. The Kier molecular flexibility index (Phi) is 3.96. The zero-order chi connectivity index (χ0) is 12.3. The average molecular weight is 241 g/mol. The SMILES string of the molecule is CN(CC(=O)N1CCNCC1)C1CCOC1=O. The molecular weight excluding hydrogens is 222 g/mol. The van der Waals surface area contributed by atoms with Crippen molar-refractivity contribution in [2.24, 2.45) is 0 Å². The largest absolute Gasteiger partial charge is 0.464 e. The highest BCUT2D eigenvalue weighted by molar-refractivity contribution is 5.81. The van der Waals surface area contributed by atoms with E-state index < -0.39 is 0 Å². The van der Waals surface area contributed by atoms with E-state index in [2.05, 4.69) is 5.32 Å². The van der Waals surface area contributed by atoms with Crippen LogP contribution < -0.4 is 5.32 Å². The molecule has 0 aliphatic carbocycles. The molecule has 6 nitrogen and oxygen atoms in total. The number of carbonyl (C=O) groups excluding carboxylic acids is 2. The quantitative estimate of drug-likeness (QED) is 0.620. The lowest BCUT2D eigenvalue weighted by atomic mass is 10.2. The van der Waals surface area contributed by atoms with Gasteiger partial charge < -0.3 is 15.0 Å². The van der Waals surface area contributed by atoms with Crippen LogP contribution in [0.5, 0.6) is 0 Å². The fourth-order valence-corrected chi connectivity index (χ4v) is 2.22. The second-order valence-corrected chi connectivity index (χ2v) is 4.52. The van der Waals surface area contributed by atoms with Crippen molar-refractivity contribution in [3.05, 3.63) is 0 Å². The standard InChI is InChI=1S/C11H19N3O3/c1-13(9-2-7-17-11(9)16)8-10(15)14-5-3-12-4-6-14/h9,12H,2-8H2,1H3. The summed E-state index contributed by atoms with van der Waals surface area (Å²) in [7, 11) is 1.80. The monoisotopic (exact) mass is 241 g/mol. The first-order valence-electron chi connectivity index (χ1n) is 6.04. The number of piperazine rings is 1. The van der Waals surface area contributed by atoms with Crippen molar-refractivity contribution in [2.75, 3.05) is 46.4 Å². The molecule has 1 atom stereocenters. The zero-order valence-corrected chi connectivity index (χ0v) is 10.1. The predicted octanol–water partition coefficient (Wildman–Crippen LogP) is -1.33. The van der Waals surface area contributed by atoms with E-state index in [1.807, 2.05) is 4.90 Å². The Hall–Kier alpha value is -1.14. The maximum atomic E-state index is 12.0. The van der Waals surface area contributed by atoms with Crippen molar-refractivity contribution in [1.29, 1.82) is 0 Å².